The fraction of sp³-hybridized carbons (Fsp3) is 0.562. The molecule has 1 aliphatic heterocycles. The van der Waals surface area contributed by atoms with Crippen LogP contribution in [0.1, 0.15) is 42.1 Å². The third kappa shape index (κ3) is 3.85. The zero-order chi connectivity index (χ0) is 16.3. The molecule has 0 saturated carbocycles. The van der Waals surface area contributed by atoms with E-state index in [1.54, 1.807) is 24.0 Å². The molecule has 0 aromatic heterocycles. The molecule has 1 saturated heterocycles. The number of hydrogen-bond donors (Lipinski definition) is 0. The van der Waals surface area contributed by atoms with Crippen molar-refractivity contribution in [3.05, 3.63) is 35.1 Å². The summed E-state index contributed by atoms with van der Waals surface area (Å²) in [4.78, 5) is 14.3. The smallest absolute Gasteiger partial charge is 0.254 e. The zero-order valence-electron chi connectivity index (χ0n) is 13.0. The fourth-order valence-corrected chi connectivity index (χ4v) is 4.42. The first-order valence-corrected chi connectivity index (χ1v) is 9.43. The third-order valence-electron chi connectivity index (χ3n) is 4.08. The topological polar surface area (TPSA) is 54.5 Å². The Morgan fingerprint density at radius 2 is 2.14 bits per heavy atom. The highest BCUT2D eigenvalue weighted by Gasteiger charge is 2.34. The molecule has 1 fully saturated rings. The van der Waals surface area contributed by atoms with Gasteiger partial charge in [0.2, 0.25) is 0 Å². The summed E-state index contributed by atoms with van der Waals surface area (Å²) in [7, 11) is -3.06. The van der Waals surface area contributed by atoms with E-state index in [0.29, 0.717) is 18.5 Å². The van der Waals surface area contributed by atoms with Gasteiger partial charge in [-0.25, -0.2) is 12.8 Å². The Labute approximate surface area is 131 Å². The van der Waals surface area contributed by atoms with Gasteiger partial charge in [-0.05, 0) is 37.5 Å². The lowest BCUT2D eigenvalue weighted by Gasteiger charge is -2.28. The molecule has 0 N–H and O–H groups in total. The van der Waals surface area contributed by atoms with Gasteiger partial charge in [-0.1, -0.05) is 19.4 Å². The Balaban J connectivity index is 2.24. The summed E-state index contributed by atoms with van der Waals surface area (Å²) in [5.74, 6) is -0.568. The van der Waals surface area contributed by atoms with E-state index in [1.165, 1.54) is 6.07 Å². The molecule has 1 atom stereocenters. The molecular formula is C16H22FNO3S. The number of nitrogens with zero attached hydrogens (tertiary/aromatic N) is 1. The van der Waals surface area contributed by atoms with Gasteiger partial charge in [-0.2, -0.15) is 0 Å². The predicted octanol–water partition coefficient (Wildman–Crippen LogP) is 2.56. The number of unbranched alkanes of at least 4 members (excludes halogenated alkanes) is 1. The van der Waals surface area contributed by atoms with Gasteiger partial charge in [0, 0.05) is 18.2 Å². The number of aryl methyl sites for hydroxylation is 1. The van der Waals surface area contributed by atoms with Gasteiger partial charge in [0.05, 0.1) is 11.5 Å². The van der Waals surface area contributed by atoms with Crippen molar-refractivity contribution in [1.29, 1.82) is 0 Å². The maximum absolute atomic E-state index is 13.7. The van der Waals surface area contributed by atoms with E-state index in [0.717, 1.165) is 12.8 Å². The molecule has 0 aliphatic carbocycles. The molecule has 1 unspecified atom stereocenters. The summed E-state index contributed by atoms with van der Waals surface area (Å²) in [6.45, 7) is 4.16. The summed E-state index contributed by atoms with van der Waals surface area (Å²) in [6.07, 6.45) is 2.17. The summed E-state index contributed by atoms with van der Waals surface area (Å²) >= 11 is 0. The third-order valence-corrected chi connectivity index (χ3v) is 5.83. The lowest BCUT2D eigenvalue weighted by Crippen LogP contribution is -2.41. The minimum atomic E-state index is -3.06. The van der Waals surface area contributed by atoms with Gasteiger partial charge in [-0.3, -0.25) is 4.79 Å². The van der Waals surface area contributed by atoms with E-state index in [4.69, 9.17) is 0 Å². The van der Waals surface area contributed by atoms with Gasteiger partial charge in [0.15, 0.2) is 9.84 Å². The van der Waals surface area contributed by atoms with Gasteiger partial charge in [0.1, 0.15) is 5.82 Å². The SMILES string of the molecule is CCCCN(C(=O)c1ccc(C)c(F)c1)C1CCS(=O)(=O)C1. The maximum atomic E-state index is 13.7. The molecule has 0 radical (unpaired) electrons. The molecule has 22 heavy (non-hydrogen) atoms. The molecule has 0 spiro atoms. The van der Waals surface area contributed by atoms with Gasteiger partial charge in [-0.15, -0.1) is 0 Å². The molecule has 6 heteroatoms. The van der Waals surface area contributed by atoms with Crippen LogP contribution in [0.15, 0.2) is 18.2 Å². The molecule has 1 aromatic rings. The minimum Gasteiger partial charge on any atom is -0.335 e. The lowest BCUT2D eigenvalue weighted by atomic mass is 10.1. The Kier molecular flexibility index (Phi) is 5.21. The largest absolute Gasteiger partial charge is 0.335 e. The van der Waals surface area contributed by atoms with Gasteiger partial charge < -0.3 is 4.90 Å². The molecular weight excluding hydrogens is 305 g/mol. The predicted molar refractivity (Wildman–Crippen MR) is 84.1 cm³/mol. The minimum absolute atomic E-state index is 0.0107. The second-order valence-corrected chi connectivity index (χ2v) is 8.10. The van der Waals surface area contributed by atoms with Crippen LogP contribution >= 0.6 is 0 Å². The molecule has 2 rings (SSSR count). The van der Waals surface area contributed by atoms with Crippen LogP contribution in [-0.4, -0.2) is 43.3 Å². The molecule has 1 aliphatic rings. The van der Waals surface area contributed by atoms with Crippen molar-refractivity contribution in [3.8, 4) is 0 Å². The van der Waals surface area contributed by atoms with Crippen LogP contribution < -0.4 is 0 Å². The van der Waals surface area contributed by atoms with Crippen molar-refractivity contribution in [2.24, 2.45) is 0 Å². The second kappa shape index (κ2) is 6.77. The number of sulfone groups is 1. The summed E-state index contributed by atoms with van der Waals surface area (Å²) in [5, 5.41) is 0. The Morgan fingerprint density at radius 3 is 2.68 bits per heavy atom. The Morgan fingerprint density at radius 1 is 1.41 bits per heavy atom. The van der Waals surface area contributed by atoms with Gasteiger partial charge in [0.25, 0.3) is 5.91 Å². The summed E-state index contributed by atoms with van der Waals surface area (Å²) in [6, 6.07) is 4.11. The van der Waals surface area contributed by atoms with E-state index < -0.39 is 15.7 Å². The van der Waals surface area contributed by atoms with Crippen LogP contribution in [0, 0.1) is 12.7 Å². The number of carbonyl (C=O) groups excluding carboxylic acids is 1. The highest BCUT2D eigenvalue weighted by atomic mass is 32.2. The first-order valence-electron chi connectivity index (χ1n) is 7.61. The molecule has 1 heterocycles. The molecule has 122 valence electrons. The van der Waals surface area contributed by atoms with Crippen LogP contribution in [0.25, 0.3) is 0 Å². The van der Waals surface area contributed by atoms with Gasteiger partial charge >= 0.3 is 0 Å². The Hall–Kier alpha value is -1.43. The Bertz CT molecular complexity index is 657. The van der Waals surface area contributed by atoms with Crippen molar-refractivity contribution in [1.82, 2.24) is 4.90 Å². The second-order valence-electron chi connectivity index (χ2n) is 5.87. The average molecular weight is 327 g/mol. The first kappa shape index (κ1) is 16.9. The van der Waals surface area contributed by atoms with E-state index in [-0.39, 0.29) is 29.0 Å². The van der Waals surface area contributed by atoms with E-state index in [2.05, 4.69) is 0 Å². The van der Waals surface area contributed by atoms with E-state index >= 15 is 0 Å². The summed E-state index contributed by atoms with van der Waals surface area (Å²) < 4.78 is 37.0. The van der Waals surface area contributed by atoms with E-state index in [1.807, 2.05) is 6.92 Å². The highest BCUT2D eigenvalue weighted by Crippen LogP contribution is 2.21. The van der Waals surface area contributed by atoms with Crippen molar-refractivity contribution >= 4 is 15.7 Å². The zero-order valence-corrected chi connectivity index (χ0v) is 13.8. The maximum Gasteiger partial charge on any atom is 0.254 e. The monoisotopic (exact) mass is 327 g/mol. The molecule has 0 bridgehead atoms. The standard InChI is InChI=1S/C16H22FNO3S/c1-3-4-8-18(14-7-9-22(20,21)11-14)16(19)13-6-5-12(2)15(17)10-13/h5-6,10,14H,3-4,7-9,11H2,1-2H3. The number of rotatable bonds is 5. The molecule has 1 amide bonds. The normalized spacial score (nSPS) is 20.0. The van der Waals surface area contributed by atoms with Crippen molar-refractivity contribution < 1.29 is 17.6 Å². The molecule has 4 nitrogen and oxygen atoms in total. The molecule has 1 aromatic carbocycles. The van der Waals surface area contributed by atoms with Crippen LogP contribution in [0.2, 0.25) is 0 Å². The number of amides is 1. The lowest BCUT2D eigenvalue weighted by molar-refractivity contribution is 0.0693. The summed E-state index contributed by atoms with van der Waals surface area (Å²) in [5.41, 5.74) is 0.767. The number of carbonyl (C=O) groups is 1. The van der Waals surface area contributed by atoms with Crippen LogP contribution in [-0.2, 0) is 9.84 Å². The number of hydrogen-bond acceptors (Lipinski definition) is 3. The quantitative estimate of drug-likeness (QED) is 0.835. The van der Waals surface area contributed by atoms with Crippen LogP contribution in [0.3, 0.4) is 0 Å². The first-order chi connectivity index (χ1) is 10.3. The average Bonchev–Trinajstić information content (AvgIpc) is 2.82. The highest BCUT2D eigenvalue weighted by molar-refractivity contribution is 7.91. The van der Waals surface area contributed by atoms with Crippen molar-refractivity contribution in [2.75, 3.05) is 18.1 Å². The fourth-order valence-electron chi connectivity index (χ4n) is 2.69. The number of halogens is 1. The van der Waals surface area contributed by atoms with E-state index in [9.17, 15) is 17.6 Å². The van der Waals surface area contributed by atoms with Crippen molar-refractivity contribution in [3.63, 3.8) is 0 Å². The van der Waals surface area contributed by atoms with Crippen LogP contribution in [0.4, 0.5) is 4.39 Å². The van der Waals surface area contributed by atoms with Crippen LogP contribution in [0.5, 0.6) is 0 Å². The number of benzene rings is 1. The van der Waals surface area contributed by atoms with Crippen molar-refractivity contribution in [2.45, 2.75) is 39.2 Å².